The van der Waals surface area contributed by atoms with Crippen molar-refractivity contribution in [1.82, 2.24) is 19.4 Å². The number of aromatic nitrogens is 4. The van der Waals surface area contributed by atoms with Gasteiger partial charge < -0.3 is 13.9 Å². The SMILES string of the molecule is Cc1nn(C)c(C)c1-c1cnn2ccc(-c3cc(C(=O)OCOC(=O)C(C)(C)C)co3)cc12. The molecule has 0 aliphatic heterocycles. The van der Waals surface area contributed by atoms with E-state index in [1.165, 1.54) is 6.26 Å². The second kappa shape index (κ2) is 8.23. The number of nitrogens with zero attached hydrogens (tertiary/aromatic N) is 4. The van der Waals surface area contributed by atoms with Gasteiger partial charge in [0.05, 0.1) is 28.4 Å². The summed E-state index contributed by atoms with van der Waals surface area (Å²) in [6, 6.07) is 5.40. The normalized spacial score (nSPS) is 11.7. The molecule has 0 amide bonds. The van der Waals surface area contributed by atoms with Crippen LogP contribution in [-0.2, 0) is 21.3 Å². The summed E-state index contributed by atoms with van der Waals surface area (Å²) in [5.41, 5.74) is 5.19. The first-order valence-corrected chi connectivity index (χ1v) is 10.5. The van der Waals surface area contributed by atoms with E-state index in [1.54, 1.807) is 31.4 Å². The third kappa shape index (κ3) is 4.26. The first-order valence-electron chi connectivity index (χ1n) is 10.5. The van der Waals surface area contributed by atoms with Crippen LogP contribution in [0.2, 0.25) is 0 Å². The lowest BCUT2D eigenvalue weighted by atomic mass is 9.98. The highest BCUT2D eigenvalue weighted by atomic mass is 16.7. The molecule has 0 bridgehead atoms. The van der Waals surface area contributed by atoms with Crippen LogP contribution < -0.4 is 0 Å². The molecule has 4 heterocycles. The Labute approximate surface area is 190 Å². The number of ether oxygens (including phenoxy) is 2. The van der Waals surface area contributed by atoms with Gasteiger partial charge in [-0.25, -0.2) is 9.31 Å². The molecule has 33 heavy (non-hydrogen) atoms. The van der Waals surface area contributed by atoms with Gasteiger partial charge >= 0.3 is 11.9 Å². The van der Waals surface area contributed by atoms with Gasteiger partial charge in [-0.15, -0.1) is 0 Å². The van der Waals surface area contributed by atoms with Crippen LogP contribution in [0.5, 0.6) is 0 Å². The zero-order chi connectivity index (χ0) is 23.9. The minimum Gasteiger partial charge on any atom is -0.463 e. The first-order chi connectivity index (χ1) is 15.6. The summed E-state index contributed by atoms with van der Waals surface area (Å²) >= 11 is 0. The number of fused-ring (bicyclic) bond motifs is 1. The molecule has 0 atom stereocenters. The molecule has 172 valence electrons. The van der Waals surface area contributed by atoms with Crippen molar-refractivity contribution in [2.24, 2.45) is 12.5 Å². The lowest BCUT2D eigenvalue weighted by Gasteiger charge is -2.16. The van der Waals surface area contributed by atoms with Gasteiger partial charge in [-0.05, 0) is 52.8 Å². The molecule has 0 unspecified atom stereocenters. The quantitative estimate of drug-likeness (QED) is 0.330. The van der Waals surface area contributed by atoms with Crippen LogP contribution >= 0.6 is 0 Å². The van der Waals surface area contributed by atoms with Gasteiger partial charge in [-0.3, -0.25) is 9.48 Å². The fourth-order valence-corrected chi connectivity index (χ4v) is 3.52. The first kappa shape index (κ1) is 22.3. The second-order valence-electron chi connectivity index (χ2n) is 8.90. The van der Waals surface area contributed by atoms with Crippen molar-refractivity contribution >= 4 is 17.5 Å². The fourth-order valence-electron chi connectivity index (χ4n) is 3.52. The Kier molecular flexibility index (Phi) is 5.57. The number of hydrogen-bond donors (Lipinski definition) is 0. The van der Waals surface area contributed by atoms with E-state index < -0.39 is 24.1 Å². The van der Waals surface area contributed by atoms with E-state index in [9.17, 15) is 9.59 Å². The maximum Gasteiger partial charge on any atom is 0.344 e. The Bertz CT molecular complexity index is 1350. The van der Waals surface area contributed by atoms with Crippen LogP contribution in [0.15, 0.2) is 41.3 Å². The lowest BCUT2D eigenvalue weighted by Crippen LogP contribution is -2.24. The number of pyridine rings is 1. The summed E-state index contributed by atoms with van der Waals surface area (Å²) < 4.78 is 19.3. The number of hydrogen-bond acceptors (Lipinski definition) is 7. The van der Waals surface area contributed by atoms with Crippen molar-refractivity contribution in [2.75, 3.05) is 6.79 Å². The highest BCUT2D eigenvalue weighted by molar-refractivity contribution is 5.91. The van der Waals surface area contributed by atoms with E-state index in [2.05, 4.69) is 10.2 Å². The van der Waals surface area contributed by atoms with Gasteiger partial charge in [0.25, 0.3) is 0 Å². The van der Waals surface area contributed by atoms with Crippen molar-refractivity contribution < 1.29 is 23.5 Å². The molecule has 9 heteroatoms. The molecular formula is C24H26N4O5. The van der Waals surface area contributed by atoms with Crippen LogP contribution in [-0.4, -0.2) is 38.1 Å². The van der Waals surface area contributed by atoms with Gasteiger partial charge in [0.2, 0.25) is 6.79 Å². The van der Waals surface area contributed by atoms with Gasteiger partial charge in [0.1, 0.15) is 12.0 Å². The number of rotatable bonds is 5. The van der Waals surface area contributed by atoms with E-state index in [1.807, 2.05) is 50.1 Å². The van der Waals surface area contributed by atoms with Crippen molar-refractivity contribution in [2.45, 2.75) is 34.6 Å². The highest BCUT2D eigenvalue weighted by Crippen LogP contribution is 2.32. The minimum atomic E-state index is -0.673. The lowest BCUT2D eigenvalue weighted by molar-refractivity contribution is -0.161. The zero-order valence-electron chi connectivity index (χ0n) is 19.5. The van der Waals surface area contributed by atoms with E-state index in [0.717, 1.165) is 33.6 Å². The molecule has 0 saturated heterocycles. The molecule has 9 nitrogen and oxygen atoms in total. The topological polar surface area (TPSA) is 101 Å². The summed E-state index contributed by atoms with van der Waals surface area (Å²) in [6.45, 7) is 8.70. The van der Waals surface area contributed by atoms with Crippen LogP contribution in [0.4, 0.5) is 0 Å². The maximum absolute atomic E-state index is 12.3. The van der Waals surface area contributed by atoms with Crippen molar-refractivity contribution in [3.8, 4) is 22.5 Å². The van der Waals surface area contributed by atoms with Crippen molar-refractivity contribution in [3.05, 3.63) is 53.8 Å². The summed E-state index contributed by atoms with van der Waals surface area (Å²) in [5.74, 6) is -0.588. The predicted molar refractivity (Wildman–Crippen MR) is 120 cm³/mol. The molecule has 0 spiro atoms. The molecule has 0 N–H and O–H groups in total. The van der Waals surface area contributed by atoms with E-state index >= 15 is 0 Å². The van der Waals surface area contributed by atoms with E-state index in [4.69, 9.17) is 13.9 Å². The number of esters is 2. The standard InChI is InChI=1S/C24H26N4O5/c1-14-21(15(2)27(6)26-14)18-11-25-28-8-7-16(9-19(18)28)20-10-17(12-31-20)22(29)32-13-33-23(30)24(3,4)5/h7-12H,13H2,1-6H3. The molecular weight excluding hydrogens is 424 g/mol. The maximum atomic E-state index is 12.3. The van der Waals surface area contributed by atoms with Crippen LogP contribution in [0.3, 0.4) is 0 Å². The highest BCUT2D eigenvalue weighted by Gasteiger charge is 2.24. The molecule has 0 radical (unpaired) electrons. The summed E-state index contributed by atoms with van der Waals surface area (Å²) in [7, 11) is 1.91. The zero-order valence-corrected chi connectivity index (χ0v) is 19.5. The van der Waals surface area contributed by atoms with E-state index in [-0.39, 0.29) is 5.56 Å². The Hall–Kier alpha value is -3.88. The van der Waals surface area contributed by atoms with Gasteiger partial charge in [-0.1, -0.05) is 0 Å². The number of aryl methyl sites for hydroxylation is 2. The van der Waals surface area contributed by atoms with E-state index in [0.29, 0.717) is 5.76 Å². The second-order valence-corrected chi connectivity index (χ2v) is 8.90. The average molecular weight is 450 g/mol. The Morgan fingerprint density at radius 3 is 2.58 bits per heavy atom. The van der Waals surface area contributed by atoms with Gasteiger partial charge in [0, 0.05) is 35.6 Å². The minimum absolute atomic E-state index is 0.226. The smallest absolute Gasteiger partial charge is 0.344 e. The molecule has 4 rings (SSSR count). The molecule has 0 aromatic carbocycles. The van der Waals surface area contributed by atoms with Crippen molar-refractivity contribution in [3.63, 3.8) is 0 Å². The molecule has 0 fully saturated rings. The predicted octanol–water partition coefficient (Wildman–Crippen LogP) is 4.32. The number of carbonyl (C=O) groups is 2. The number of furan rings is 1. The molecule has 4 aromatic heterocycles. The van der Waals surface area contributed by atoms with Gasteiger partial charge in [0.15, 0.2) is 0 Å². The van der Waals surface area contributed by atoms with Gasteiger partial charge in [-0.2, -0.15) is 10.2 Å². The Balaban J connectivity index is 1.56. The third-order valence-corrected chi connectivity index (χ3v) is 5.41. The van der Waals surface area contributed by atoms with Crippen molar-refractivity contribution in [1.29, 1.82) is 0 Å². The molecule has 0 aliphatic rings. The third-order valence-electron chi connectivity index (χ3n) is 5.41. The van der Waals surface area contributed by atoms with Crippen LogP contribution in [0.25, 0.3) is 28.0 Å². The van der Waals surface area contributed by atoms with Crippen LogP contribution in [0.1, 0.15) is 42.5 Å². The largest absolute Gasteiger partial charge is 0.463 e. The fraction of sp³-hybridized carbons (Fsp3) is 0.333. The Morgan fingerprint density at radius 2 is 1.91 bits per heavy atom. The summed E-state index contributed by atoms with van der Waals surface area (Å²) in [5, 5.41) is 8.96. The Morgan fingerprint density at radius 1 is 1.15 bits per heavy atom. The molecule has 4 aromatic rings. The monoisotopic (exact) mass is 450 g/mol. The summed E-state index contributed by atoms with van der Waals surface area (Å²) in [4.78, 5) is 24.1. The summed E-state index contributed by atoms with van der Waals surface area (Å²) in [6.07, 6.45) is 4.97. The van der Waals surface area contributed by atoms with Crippen LogP contribution in [0, 0.1) is 19.3 Å². The average Bonchev–Trinajstić information content (AvgIpc) is 3.45. The molecule has 0 saturated carbocycles. The molecule has 0 aliphatic carbocycles. The number of carbonyl (C=O) groups excluding carboxylic acids is 2.